The minimum absolute atomic E-state index is 0.0565. The lowest BCUT2D eigenvalue weighted by atomic mass is 10.1. The van der Waals surface area contributed by atoms with Crippen LogP contribution in [0.15, 0.2) is 41.4 Å². The predicted molar refractivity (Wildman–Crippen MR) is 204 cm³/mol. The Morgan fingerprint density at radius 3 is 2.05 bits per heavy atom. The van der Waals surface area contributed by atoms with Crippen LogP contribution in [0.25, 0.3) is 10.6 Å². The third-order valence-corrected chi connectivity index (χ3v) is 8.71. The van der Waals surface area contributed by atoms with E-state index in [9.17, 15) is 48.3 Å². The van der Waals surface area contributed by atoms with Crippen molar-refractivity contribution in [3.05, 3.63) is 53.3 Å². The van der Waals surface area contributed by atoms with Crippen molar-refractivity contribution in [2.45, 2.75) is 50.7 Å². The number of carbonyl (C=O) groups is 9. The number of carbonyl (C=O) groups excluding carboxylic acids is 7. The zero-order chi connectivity index (χ0) is 42.9. The van der Waals surface area contributed by atoms with Crippen LogP contribution in [0.2, 0.25) is 0 Å². The molecule has 2 heterocycles. The van der Waals surface area contributed by atoms with Crippen LogP contribution in [-0.2, 0) is 33.6 Å². The van der Waals surface area contributed by atoms with E-state index in [2.05, 4.69) is 46.8 Å². The molecule has 310 valence electrons. The standard InChI is InChI=1S/C33H41N13O11S/c1-15-26(58-33(40-15)44-28(54)16-6-3-2-4-7-16)18-10-21(46-45-18)30(56)39-13-22(47)41-17(8-5-9-37-32(35)36)29(55)38-14-23(48)42-20(12-25(51)52)31(57)43-19(27(34)53)11-24(49)50/h2-4,6-7,10,17,19-20H,5,8-9,11-14H2,1H3,(H2,34,53)(H,38,55)(H,39,56)(H,41,47)(H,42,48)(H,43,57)(H,45,46)(H,49,50)(H,51,52)(H4,35,36,37)(H,40,44,54)/t17-,19-,20-/m1/s1. The molecule has 24 nitrogen and oxygen atoms in total. The number of guanidine groups is 1. The van der Waals surface area contributed by atoms with Crippen LogP contribution >= 0.6 is 11.3 Å². The van der Waals surface area contributed by atoms with Crippen LogP contribution in [0, 0.1) is 6.92 Å². The highest BCUT2D eigenvalue weighted by Crippen LogP contribution is 2.32. The van der Waals surface area contributed by atoms with Crippen LogP contribution < -0.4 is 49.1 Å². The number of carboxylic acids is 2. The van der Waals surface area contributed by atoms with Crippen molar-refractivity contribution in [2.24, 2.45) is 22.2 Å². The highest BCUT2D eigenvalue weighted by atomic mass is 32.1. The summed E-state index contributed by atoms with van der Waals surface area (Å²) in [5, 5.41) is 39.0. The molecule has 3 aromatic rings. The molecule has 58 heavy (non-hydrogen) atoms. The molecule has 2 aromatic heterocycles. The molecule has 0 unspecified atom stereocenters. The smallest absolute Gasteiger partial charge is 0.305 e. The van der Waals surface area contributed by atoms with Gasteiger partial charge in [0.2, 0.25) is 29.5 Å². The van der Waals surface area contributed by atoms with Gasteiger partial charge in [0, 0.05) is 12.1 Å². The lowest BCUT2D eigenvalue weighted by molar-refractivity contribution is -0.143. The van der Waals surface area contributed by atoms with Crippen molar-refractivity contribution < 1.29 is 53.4 Å². The summed E-state index contributed by atoms with van der Waals surface area (Å²) in [6, 6.07) is 5.11. The Labute approximate surface area is 332 Å². The molecule has 7 amide bonds. The Balaban J connectivity index is 1.59. The highest BCUT2D eigenvalue weighted by molar-refractivity contribution is 7.19. The van der Waals surface area contributed by atoms with Crippen LogP contribution in [0.3, 0.4) is 0 Å². The number of aryl methyl sites for hydroxylation is 1. The van der Waals surface area contributed by atoms with Gasteiger partial charge in [0.05, 0.1) is 42.2 Å². The van der Waals surface area contributed by atoms with Gasteiger partial charge in [-0.25, -0.2) is 4.98 Å². The number of nitrogens with two attached hydrogens (primary N) is 3. The van der Waals surface area contributed by atoms with Gasteiger partial charge < -0.3 is 54.0 Å². The van der Waals surface area contributed by atoms with E-state index in [4.69, 9.17) is 22.3 Å². The number of aliphatic carboxylic acids is 2. The van der Waals surface area contributed by atoms with Gasteiger partial charge in [0.1, 0.15) is 18.1 Å². The van der Waals surface area contributed by atoms with E-state index >= 15 is 0 Å². The fourth-order valence-electron chi connectivity index (χ4n) is 4.87. The first kappa shape index (κ1) is 45.0. The Morgan fingerprint density at radius 1 is 0.810 bits per heavy atom. The summed E-state index contributed by atoms with van der Waals surface area (Å²) in [5.41, 5.74) is 17.1. The first-order valence-corrected chi connectivity index (χ1v) is 17.9. The van der Waals surface area contributed by atoms with E-state index < -0.39 is 91.4 Å². The van der Waals surface area contributed by atoms with Crippen LogP contribution in [0.4, 0.5) is 5.13 Å². The molecule has 0 aliphatic heterocycles. The SMILES string of the molecule is Cc1nc(NC(=O)c2ccccc2)sc1-c1cc(C(=O)NCC(=O)N[C@H](CCCN=C(N)N)C(=O)NCC(=O)N[C@H](CC(=O)O)C(=O)N[C@H](CC(=O)O)C(N)=O)n[nH]1. The second kappa shape index (κ2) is 21.6. The summed E-state index contributed by atoms with van der Waals surface area (Å²) in [4.78, 5) is 119. The molecular formula is C33H41N13O11S. The number of H-pyrrole nitrogens is 1. The number of hydrogen-bond donors (Lipinski definition) is 12. The Hall–Kier alpha value is -7.44. The molecule has 15 N–H and O–H groups in total. The molecule has 0 radical (unpaired) electrons. The van der Waals surface area contributed by atoms with Gasteiger partial charge in [0.25, 0.3) is 11.8 Å². The quantitative estimate of drug-likeness (QED) is 0.0271. The van der Waals surface area contributed by atoms with Crippen molar-refractivity contribution in [3.63, 3.8) is 0 Å². The van der Waals surface area contributed by atoms with E-state index in [0.29, 0.717) is 27.0 Å². The fourth-order valence-corrected chi connectivity index (χ4v) is 5.80. The first-order chi connectivity index (χ1) is 27.4. The van der Waals surface area contributed by atoms with Gasteiger partial charge in [-0.05, 0) is 38.0 Å². The molecule has 0 saturated carbocycles. The zero-order valence-corrected chi connectivity index (χ0v) is 31.5. The van der Waals surface area contributed by atoms with Crippen molar-refractivity contribution in [3.8, 4) is 10.6 Å². The fraction of sp³-hybridized carbons (Fsp3) is 0.333. The third kappa shape index (κ3) is 14.7. The molecule has 3 atom stereocenters. The number of aliphatic imine (C=N–C) groups is 1. The number of carboxylic acid groups (broad SMARTS) is 2. The molecule has 0 bridgehead atoms. The number of thiazole rings is 1. The number of aromatic amines is 1. The average Bonchev–Trinajstić information content (AvgIpc) is 3.79. The van der Waals surface area contributed by atoms with E-state index in [1.54, 1.807) is 37.3 Å². The number of benzene rings is 1. The van der Waals surface area contributed by atoms with E-state index in [0.717, 1.165) is 11.3 Å². The van der Waals surface area contributed by atoms with Gasteiger partial charge in [-0.1, -0.05) is 29.5 Å². The molecule has 25 heteroatoms. The molecule has 3 rings (SSSR count). The summed E-state index contributed by atoms with van der Waals surface area (Å²) in [6.07, 6.45) is -1.80. The topological polar surface area (TPSA) is 398 Å². The Bertz CT molecular complexity index is 2050. The maximum absolute atomic E-state index is 13.1. The van der Waals surface area contributed by atoms with Gasteiger partial charge in [-0.3, -0.25) is 58.6 Å². The lowest BCUT2D eigenvalue weighted by Gasteiger charge is -2.21. The summed E-state index contributed by atoms with van der Waals surface area (Å²) >= 11 is 1.14. The lowest BCUT2D eigenvalue weighted by Crippen LogP contribution is -2.56. The summed E-state index contributed by atoms with van der Waals surface area (Å²) in [7, 11) is 0. The second-order valence-electron chi connectivity index (χ2n) is 12.2. The Morgan fingerprint density at radius 2 is 1.43 bits per heavy atom. The first-order valence-electron chi connectivity index (χ1n) is 17.1. The second-order valence-corrected chi connectivity index (χ2v) is 13.2. The minimum Gasteiger partial charge on any atom is -0.481 e. The predicted octanol–water partition coefficient (Wildman–Crippen LogP) is -3.12. The highest BCUT2D eigenvalue weighted by Gasteiger charge is 2.29. The van der Waals surface area contributed by atoms with Crippen molar-refractivity contribution >= 4 is 75.7 Å². The van der Waals surface area contributed by atoms with E-state index in [1.165, 1.54) is 6.07 Å². The molecular weight excluding hydrogens is 787 g/mol. The monoisotopic (exact) mass is 827 g/mol. The van der Waals surface area contributed by atoms with Crippen molar-refractivity contribution in [1.29, 1.82) is 0 Å². The minimum atomic E-state index is -1.81. The third-order valence-electron chi connectivity index (χ3n) is 7.61. The van der Waals surface area contributed by atoms with E-state index in [-0.39, 0.29) is 36.9 Å². The van der Waals surface area contributed by atoms with Crippen molar-refractivity contribution in [2.75, 3.05) is 25.0 Å². The normalized spacial score (nSPS) is 12.1. The number of amides is 7. The molecule has 0 aliphatic rings. The number of nitrogens with one attached hydrogen (secondary N) is 7. The number of hydrogen-bond acceptors (Lipinski definition) is 13. The summed E-state index contributed by atoms with van der Waals surface area (Å²) in [5.74, 6) is -9.63. The van der Waals surface area contributed by atoms with Gasteiger partial charge in [-0.2, -0.15) is 5.10 Å². The largest absolute Gasteiger partial charge is 0.481 e. The Kier molecular flexibility index (Phi) is 16.7. The van der Waals surface area contributed by atoms with Gasteiger partial charge in [-0.15, -0.1) is 0 Å². The van der Waals surface area contributed by atoms with Gasteiger partial charge in [0.15, 0.2) is 16.8 Å². The molecule has 1 aromatic carbocycles. The number of nitrogens with zero attached hydrogens (tertiary/aromatic N) is 3. The van der Waals surface area contributed by atoms with E-state index in [1.807, 2.05) is 5.32 Å². The van der Waals surface area contributed by atoms with Crippen molar-refractivity contribution in [1.82, 2.24) is 41.8 Å². The molecule has 0 aliphatic carbocycles. The number of aromatic nitrogens is 3. The molecule has 0 saturated heterocycles. The zero-order valence-electron chi connectivity index (χ0n) is 30.7. The molecule has 0 spiro atoms. The van der Waals surface area contributed by atoms with Crippen LogP contribution in [-0.4, -0.2) is 122 Å². The maximum Gasteiger partial charge on any atom is 0.305 e. The summed E-state index contributed by atoms with van der Waals surface area (Å²) in [6.45, 7) is 0.319. The summed E-state index contributed by atoms with van der Waals surface area (Å²) < 4.78 is 0. The van der Waals surface area contributed by atoms with Crippen LogP contribution in [0.1, 0.15) is 52.2 Å². The maximum atomic E-state index is 13.1. The van der Waals surface area contributed by atoms with Gasteiger partial charge >= 0.3 is 11.9 Å². The van der Waals surface area contributed by atoms with Crippen LogP contribution in [0.5, 0.6) is 0 Å². The number of anilines is 1. The number of primary amides is 1. The average molecular weight is 828 g/mol. The number of rotatable bonds is 22. The molecule has 0 fully saturated rings.